The number of anilines is 2. The number of benzene rings is 2. The molecule has 0 aliphatic carbocycles. The molecule has 1 amide bonds. The minimum absolute atomic E-state index is 0.133. The highest BCUT2D eigenvalue weighted by Crippen LogP contribution is 2.34. The van der Waals surface area contributed by atoms with Gasteiger partial charge in [-0.2, -0.15) is 0 Å². The lowest BCUT2D eigenvalue weighted by atomic mass is 10.2. The number of halogens is 1. The first-order valence-corrected chi connectivity index (χ1v) is 11.2. The van der Waals surface area contributed by atoms with E-state index in [1.165, 1.54) is 6.92 Å². The molecule has 0 saturated heterocycles. The molecule has 0 radical (unpaired) electrons. The Hall–Kier alpha value is -2.26. The minimum Gasteiger partial charge on any atom is -0.486 e. The molecule has 0 unspecified atom stereocenters. The average Bonchev–Trinajstić information content (AvgIpc) is 2.68. The quantitative estimate of drug-likeness (QED) is 0.702. The second kappa shape index (κ2) is 8.40. The van der Waals surface area contributed by atoms with E-state index >= 15 is 0 Å². The Morgan fingerprint density at radius 2 is 1.86 bits per heavy atom. The van der Waals surface area contributed by atoms with Crippen LogP contribution in [0.5, 0.6) is 11.5 Å². The standard InChI is InChI=1S/C19H21BrN2O5S/c1-3-28(24,25)22(15-5-7-17-18(11-15)27-9-8-26-17)12-19(23)21-14-4-6-16(20)13(2)10-14/h4-7,10-11H,3,8-9,12H2,1-2H3,(H,21,23). The zero-order chi connectivity index (χ0) is 20.3. The van der Waals surface area contributed by atoms with E-state index in [4.69, 9.17) is 9.47 Å². The second-order valence-corrected chi connectivity index (χ2v) is 9.28. The number of amides is 1. The van der Waals surface area contributed by atoms with E-state index in [-0.39, 0.29) is 12.3 Å². The third kappa shape index (κ3) is 4.59. The molecule has 0 fully saturated rings. The maximum absolute atomic E-state index is 12.6. The van der Waals surface area contributed by atoms with Crippen molar-refractivity contribution in [3.05, 3.63) is 46.4 Å². The summed E-state index contributed by atoms with van der Waals surface area (Å²) in [5.41, 5.74) is 1.91. The number of hydrogen-bond donors (Lipinski definition) is 1. The Kier molecular flexibility index (Phi) is 6.14. The van der Waals surface area contributed by atoms with Gasteiger partial charge in [-0.25, -0.2) is 8.42 Å². The Morgan fingerprint density at radius 1 is 1.14 bits per heavy atom. The summed E-state index contributed by atoms with van der Waals surface area (Å²) in [6, 6.07) is 10.2. The van der Waals surface area contributed by atoms with E-state index in [9.17, 15) is 13.2 Å². The second-order valence-electron chi connectivity index (χ2n) is 6.25. The molecule has 2 aromatic rings. The fraction of sp³-hybridized carbons (Fsp3) is 0.316. The molecule has 3 rings (SSSR count). The molecular weight excluding hydrogens is 448 g/mol. The number of fused-ring (bicyclic) bond motifs is 1. The first kappa shape index (κ1) is 20.5. The van der Waals surface area contributed by atoms with E-state index in [0.29, 0.717) is 36.1 Å². The number of aryl methyl sites for hydroxylation is 1. The van der Waals surface area contributed by atoms with E-state index in [0.717, 1.165) is 14.3 Å². The van der Waals surface area contributed by atoms with Crippen LogP contribution in [0.1, 0.15) is 12.5 Å². The predicted molar refractivity (Wildman–Crippen MR) is 112 cm³/mol. The van der Waals surface area contributed by atoms with Crippen molar-refractivity contribution in [2.75, 3.05) is 35.1 Å². The lowest BCUT2D eigenvalue weighted by molar-refractivity contribution is -0.114. The summed E-state index contributed by atoms with van der Waals surface area (Å²) in [7, 11) is -3.67. The molecule has 1 heterocycles. The lowest BCUT2D eigenvalue weighted by Crippen LogP contribution is -2.39. The predicted octanol–water partition coefficient (Wildman–Crippen LogP) is 3.32. The molecular formula is C19H21BrN2O5S. The molecule has 7 nitrogen and oxygen atoms in total. The molecule has 9 heteroatoms. The van der Waals surface area contributed by atoms with Gasteiger partial charge in [0.25, 0.3) is 0 Å². The topological polar surface area (TPSA) is 84.9 Å². The van der Waals surface area contributed by atoms with E-state index in [2.05, 4.69) is 21.2 Å². The number of rotatable bonds is 6. The largest absolute Gasteiger partial charge is 0.486 e. The SMILES string of the molecule is CCS(=O)(=O)N(CC(=O)Nc1ccc(Br)c(C)c1)c1ccc2c(c1)OCCO2. The van der Waals surface area contributed by atoms with Gasteiger partial charge < -0.3 is 14.8 Å². The van der Waals surface area contributed by atoms with Crippen LogP contribution in [-0.4, -0.2) is 39.8 Å². The highest BCUT2D eigenvalue weighted by atomic mass is 79.9. The van der Waals surface area contributed by atoms with Crippen molar-refractivity contribution >= 4 is 43.2 Å². The first-order chi connectivity index (χ1) is 13.3. The summed E-state index contributed by atoms with van der Waals surface area (Å²) in [6.07, 6.45) is 0. The summed E-state index contributed by atoms with van der Waals surface area (Å²) in [5, 5.41) is 2.75. The van der Waals surface area contributed by atoms with Gasteiger partial charge in [0, 0.05) is 16.2 Å². The van der Waals surface area contributed by atoms with Crippen LogP contribution in [0, 0.1) is 6.92 Å². The molecule has 0 spiro atoms. The fourth-order valence-corrected chi connectivity index (χ4v) is 4.05. The van der Waals surface area contributed by atoms with Gasteiger partial charge in [0.05, 0.1) is 11.4 Å². The normalized spacial score (nSPS) is 13.1. The summed E-state index contributed by atoms with van der Waals surface area (Å²) < 4.78 is 38.3. The first-order valence-electron chi connectivity index (χ1n) is 8.76. The maximum atomic E-state index is 12.6. The van der Waals surface area contributed by atoms with Crippen molar-refractivity contribution < 1.29 is 22.7 Å². The third-order valence-electron chi connectivity index (χ3n) is 4.24. The van der Waals surface area contributed by atoms with Gasteiger partial charge in [-0.1, -0.05) is 15.9 Å². The van der Waals surface area contributed by atoms with Crippen LogP contribution in [0.2, 0.25) is 0 Å². The molecule has 1 aliphatic heterocycles. The highest BCUT2D eigenvalue weighted by Gasteiger charge is 2.25. The number of hydrogen-bond acceptors (Lipinski definition) is 5. The number of sulfonamides is 1. The van der Waals surface area contributed by atoms with Crippen LogP contribution in [0.25, 0.3) is 0 Å². The van der Waals surface area contributed by atoms with Crippen molar-refractivity contribution in [2.24, 2.45) is 0 Å². The molecule has 0 aromatic heterocycles. The number of carbonyl (C=O) groups excluding carboxylic acids is 1. The molecule has 0 bridgehead atoms. The van der Waals surface area contributed by atoms with Crippen molar-refractivity contribution in [1.82, 2.24) is 0 Å². The molecule has 1 N–H and O–H groups in total. The van der Waals surface area contributed by atoms with Gasteiger partial charge in [-0.05, 0) is 49.7 Å². The van der Waals surface area contributed by atoms with Gasteiger partial charge >= 0.3 is 0 Å². The van der Waals surface area contributed by atoms with Gasteiger partial charge in [0.15, 0.2) is 11.5 Å². The van der Waals surface area contributed by atoms with Crippen molar-refractivity contribution in [3.8, 4) is 11.5 Å². The van der Waals surface area contributed by atoms with Crippen LogP contribution in [0.3, 0.4) is 0 Å². The van der Waals surface area contributed by atoms with Crippen LogP contribution in [0.4, 0.5) is 11.4 Å². The number of nitrogens with zero attached hydrogens (tertiary/aromatic N) is 1. The highest BCUT2D eigenvalue weighted by molar-refractivity contribution is 9.10. The Balaban J connectivity index is 1.84. The smallest absolute Gasteiger partial charge is 0.245 e. The average molecular weight is 469 g/mol. The number of ether oxygens (including phenoxy) is 2. The van der Waals surface area contributed by atoms with Gasteiger partial charge in [-0.15, -0.1) is 0 Å². The minimum atomic E-state index is -3.67. The molecule has 0 atom stereocenters. The van der Waals surface area contributed by atoms with Gasteiger partial charge in [0.2, 0.25) is 15.9 Å². The maximum Gasteiger partial charge on any atom is 0.245 e. The van der Waals surface area contributed by atoms with Crippen molar-refractivity contribution in [1.29, 1.82) is 0 Å². The monoisotopic (exact) mass is 468 g/mol. The van der Waals surface area contributed by atoms with Crippen molar-refractivity contribution in [2.45, 2.75) is 13.8 Å². The molecule has 1 aliphatic rings. The molecule has 0 saturated carbocycles. The third-order valence-corrected chi connectivity index (χ3v) is 6.87. The summed E-state index contributed by atoms with van der Waals surface area (Å²) in [5.74, 6) is 0.447. The molecule has 28 heavy (non-hydrogen) atoms. The Labute approximate surface area is 172 Å². The molecule has 2 aromatic carbocycles. The van der Waals surface area contributed by atoms with Gasteiger partial charge in [0.1, 0.15) is 19.8 Å². The zero-order valence-electron chi connectivity index (χ0n) is 15.6. The Morgan fingerprint density at radius 3 is 2.54 bits per heavy atom. The Bertz CT molecular complexity index is 994. The summed E-state index contributed by atoms with van der Waals surface area (Å²) in [4.78, 5) is 12.6. The van der Waals surface area contributed by atoms with Crippen LogP contribution in [0.15, 0.2) is 40.9 Å². The van der Waals surface area contributed by atoms with Gasteiger partial charge in [-0.3, -0.25) is 9.10 Å². The van der Waals surface area contributed by atoms with E-state index in [1.807, 2.05) is 19.1 Å². The van der Waals surface area contributed by atoms with Crippen molar-refractivity contribution in [3.63, 3.8) is 0 Å². The summed E-state index contributed by atoms with van der Waals surface area (Å²) in [6.45, 7) is 3.93. The van der Waals surface area contributed by atoms with E-state index in [1.54, 1.807) is 24.3 Å². The van der Waals surface area contributed by atoms with Crippen LogP contribution < -0.4 is 19.1 Å². The zero-order valence-corrected chi connectivity index (χ0v) is 18.0. The summed E-state index contributed by atoms with van der Waals surface area (Å²) >= 11 is 3.41. The van der Waals surface area contributed by atoms with E-state index < -0.39 is 15.9 Å². The molecule has 150 valence electrons. The van der Waals surface area contributed by atoms with Crippen LogP contribution >= 0.6 is 15.9 Å². The van der Waals surface area contributed by atoms with Crippen LogP contribution in [-0.2, 0) is 14.8 Å². The number of nitrogens with one attached hydrogen (secondary N) is 1. The number of carbonyl (C=O) groups is 1. The fourth-order valence-electron chi connectivity index (χ4n) is 2.75. The lowest BCUT2D eigenvalue weighted by Gasteiger charge is -2.25.